The normalized spacial score (nSPS) is 23.6. The summed E-state index contributed by atoms with van der Waals surface area (Å²) in [7, 11) is 0. The van der Waals surface area contributed by atoms with E-state index in [-0.39, 0.29) is 35.9 Å². The lowest BCUT2D eigenvalue weighted by Gasteiger charge is -2.23. The Labute approximate surface area is 144 Å². The number of nitrogens with two attached hydrogens (primary N) is 1. The smallest absolute Gasteiger partial charge is 0.256 e. The van der Waals surface area contributed by atoms with E-state index in [1.807, 2.05) is 4.90 Å². The molecule has 3 rings (SSSR count). The summed E-state index contributed by atoms with van der Waals surface area (Å²) in [6, 6.07) is 6.49. The van der Waals surface area contributed by atoms with E-state index in [1.165, 1.54) is 11.1 Å². The lowest BCUT2D eigenvalue weighted by atomic mass is 9.86. The van der Waals surface area contributed by atoms with Crippen LogP contribution in [0.15, 0.2) is 18.2 Å². The van der Waals surface area contributed by atoms with Gasteiger partial charge >= 0.3 is 0 Å². The first-order valence-corrected chi connectivity index (χ1v) is 8.20. The van der Waals surface area contributed by atoms with Crippen LogP contribution in [0.4, 0.5) is 5.69 Å². The molecule has 1 fully saturated rings. The maximum Gasteiger partial charge on any atom is 0.256 e. The molecule has 0 aliphatic carbocycles. The van der Waals surface area contributed by atoms with E-state index in [2.05, 4.69) is 39.0 Å². The lowest BCUT2D eigenvalue weighted by Crippen LogP contribution is -2.38. The SMILES string of the molecule is CC(C)(C)c1ccc2c(c1)CCN2C(=O)[C@@H]1CC[C@H](CN)O1.Cl. The molecule has 0 unspecified atom stereocenters. The van der Waals surface area contributed by atoms with E-state index >= 15 is 0 Å². The molecule has 1 aromatic rings. The minimum atomic E-state index is -0.318. The second kappa shape index (κ2) is 6.80. The first-order valence-electron chi connectivity index (χ1n) is 8.20. The summed E-state index contributed by atoms with van der Waals surface area (Å²) in [5.74, 6) is 0.0956. The number of anilines is 1. The molecule has 2 heterocycles. The largest absolute Gasteiger partial charge is 0.364 e. The maximum atomic E-state index is 12.7. The van der Waals surface area contributed by atoms with Gasteiger partial charge in [0, 0.05) is 18.8 Å². The summed E-state index contributed by atoms with van der Waals surface area (Å²) in [5, 5.41) is 0. The summed E-state index contributed by atoms with van der Waals surface area (Å²) in [6.07, 6.45) is 2.32. The summed E-state index contributed by atoms with van der Waals surface area (Å²) in [4.78, 5) is 14.6. The fourth-order valence-electron chi connectivity index (χ4n) is 3.33. The Balaban J connectivity index is 0.00000192. The van der Waals surface area contributed by atoms with Crippen molar-refractivity contribution >= 4 is 24.0 Å². The minimum absolute atomic E-state index is 0. The Morgan fingerprint density at radius 1 is 1.35 bits per heavy atom. The van der Waals surface area contributed by atoms with Crippen molar-refractivity contribution in [1.29, 1.82) is 0 Å². The average Bonchev–Trinajstić information content (AvgIpc) is 3.11. The number of ether oxygens (including phenoxy) is 1. The predicted octanol–water partition coefficient (Wildman–Crippen LogP) is 2.80. The van der Waals surface area contributed by atoms with E-state index in [9.17, 15) is 4.79 Å². The Bertz CT molecular complexity index is 583. The molecule has 23 heavy (non-hydrogen) atoms. The molecule has 2 aliphatic heterocycles. The molecule has 1 aromatic carbocycles. The number of amides is 1. The monoisotopic (exact) mass is 338 g/mol. The molecular formula is C18H27ClN2O2. The highest BCUT2D eigenvalue weighted by Gasteiger charge is 2.36. The number of carbonyl (C=O) groups is 1. The third kappa shape index (κ3) is 3.54. The van der Waals surface area contributed by atoms with Crippen LogP contribution in [0.3, 0.4) is 0 Å². The number of benzene rings is 1. The second-order valence-electron chi connectivity index (χ2n) is 7.39. The van der Waals surface area contributed by atoms with Gasteiger partial charge in [-0.3, -0.25) is 4.79 Å². The minimum Gasteiger partial charge on any atom is -0.364 e. The lowest BCUT2D eigenvalue weighted by molar-refractivity contribution is -0.129. The zero-order chi connectivity index (χ0) is 15.9. The van der Waals surface area contributed by atoms with Gasteiger partial charge in [-0.15, -0.1) is 12.4 Å². The number of hydrogen-bond donors (Lipinski definition) is 1. The fraction of sp³-hybridized carbons (Fsp3) is 0.611. The summed E-state index contributed by atoms with van der Waals surface area (Å²) < 4.78 is 5.76. The van der Waals surface area contributed by atoms with E-state index in [4.69, 9.17) is 10.5 Å². The van der Waals surface area contributed by atoms with Crippen molar-refractivity contribution in [2.75, 3.05) is 18.0 Å². The van der Waals surface area contributed by atoms with Gasteiger partial charge in [-0.05, 0) is 41.9 Å². The van der Waals surface area contributed by atoms with Gasteiger partial charge < -0.3 is 15.4 Å². The van der Waals surface area contributed by atoms with E-state index in [0.29, 0.717) is 6.54 Å². The number of hydrogen-bond acceptors (Lipinski definition) is 3. The second-order valence-corrected chi connectivity index (χ2v) is 7.39. The third-order valence-electron chi connectivity index (χ3n) is 4.75. The van der Waals surface area contributed by atoms with Gasteiger partial charge in [-0.1, -0.05) is 32.9 Å². The Morgan fingerprint density at radius 2 is 2.09 bits per heavy atom. The predicted molar refractivity (Wildman–Crippen MR) is 95.4 cm³/mol. The number of fused-ring (bicyclic) bond motifs is 1. The molecule has 0 aromatic heterocycles. The topological polar surface area (TPSA) is 55.6 Å². The average molecular weight is 339 g/mol. The molecule has 2 aliphatic rings. The Kier molecular flexibility index (Phi) is 5.39. The zero-order valence-corrected chi connectivity index (χ0v) is 15.0. The first-order chi connectivity index (χ1) is 10.4. The van der Waals surface area contributed by atoms with Crippen LogP contribution in [0, 0.1) is 0 Å². The molecule has 128 valence electrons. The van der Waals surface area contributed by atoms with E-state index in [1.54, 1.807) is 0 Å². The summed E-state index contributed by atoms with van der Waals surface area (Å²) in [6.45, 7) is 7.90. The van der Waals surface area contributed by atoms with Crippen LogP contribution in [0.25, 0.3) is 0 Å². The van der Waals surface area contributed by atoms with E-state index in [0.717, 1.165) is 31.5 Å². The highest BCUT2D eigenvalue weighted by Crippen LogP contribution is 2.34. The van der Waals surface area contributed by atoms with Crippen molar-refractivity contribution in [2.45, 2.75) is 57.7 Å². The molecule has 2 atom stereocenters. The quantitative estimate of drug-likeness (QED) is 0.902. The first kappa shape index (κ1) is 18.2. The molecule has 1 saturated heterocycles. The summed E-state index contributed by atoms with van der Waals surface area (Å²) in [5.41, 5.74) is 9.41. The molecular weight excluding hydrogens is 312 g/mol. The maximum absolute atomic E-state index is 12.7. The van der Waals surface area contributed by atoms with Crippen molar-refractivity contribution < 1.29 is 9.53 Å². The van der Waals surface area contributed by atoms with Crippen LogP contribution in [-0.4, -0.2) is 31.2 Å². The van der Waals surface area contributed by atoms with Crippen LogP contribution in [0.2, 0.25) is 0 Å². The standard InChI is InChI=1S/C18H26N2O2.ClH/c1-18(2,3)13-4-6-15-12(10-13)8-9-20(15)17(21)16-7-5-14(11-19)22-16;/h4,6,10,14,16H,5,7-9,11,19H2,1-3H3;1H/t14-,16+;/m1./s1. The van der Waals surface area contributed by atoms with Crippen molar-refractivity contribution in [3.63, 3.8) is 0 Å². The molecule has 0 bridgehead atoms. The molecule has 0 radical (unpaired) electrons. The number of nitrogens with zero attached hydrogens (tertiary/aromatic N) is 1. The molecule has 0 spiro atoms. The molecule has 4 nitrogen and oxygen atoms in total. The van der Waals surface area contributed by atoms with Crippen LogP contribution < -0.4 is 10.6 Å². The summed E-state index contributed by atoms with van der Waals surface area (Å²) >= 11 is 0. The highest BCUT2D eigenvalue weighted by atomic mass is 35.5. The van der Waals surface area contributed by atoms with Crippen molar-refractivity contribution in [1.82, 2.24) is 0 Å². The van der Waals surface area contributed by atoms with Gasteiger partial charge in [0.2, 0.25) is 0 Å². The van der Waals surface area contributed by atoms with Crippen LogP contribution in [-0.2, 0) is 21.4 Å². The molecule has 5 heteroatoms. The number of halogens is 1. The van der Waals surface area contributed by atoms with Gasteiger partial charge in [0.05, 0.1) is 6.10 Å². The Hall–Kier alpha value is -1.10. The van der Waals surface area contributed by atoms with Crippen LogP contribution >= 0.6 is 12.4 Å². The molecule has 2 N–H and O–H groups in total. The van der Waals surface area contributed by atoms with Crippen molar-refractivity contribution in [2.24, 2.45) is 5.73 Å². The molecule has 1 amide bonds. The van der Waals surface area contributed by atoms with Crippen molar-refractivity contribution in [3.05, 3.63) is 29.3 Å². The van der Waals surface area contributed by atoms with Gasteiger partial charge in [-0.2, -0.15) is 0 Å². The Morgan fingerprint density at radius 3 is 2.70 bits per heavy atom. The van der Waals surface area contributed by atoms with E-state index < -0.39 is 0 Å². The van der Waals surface area contributed by atoms with Crippen molar-refractivity contribution in [3.8, 4) is 0 Å². The third-order valence-corrected chi connectivity index (χ3v) is 4.75. The fourth-order valence-corrected chi connectivity index (χ4v) is 3.33. The molecule has 0 saturated carbocycles. The van der Waals surface area contributed by atoms with Crippen LogP contribution in [0.1, 0.15) is 44.7 Å². The number of carbonyl (C=O) groups excluding carboxylic acids is 1. The number of rotatable bonds is 2. The highest BCUT2D eigenvalue weighted by molar-refractivity contribution is 5.98. The van der Waals surface area contributed by atoms with Gasteiger partial charge in [0.15, 0.2) is 0 Å². The van der Waals surface area contributed by atoms with Gasteiger partial charge in [0.1, 0.15) is 6.10 Å². The van der Waals surface area contributed by atoms with Gasteiger partial charge in [-0.25, -0.2) is 0 Å². The zero-order valence-electron chi connectivity index (χ0n) is 14.2. The van der Waals surface area contributed by atoms with Crippen LogP contribution in [0.5, 0.6) is 0 Å². The van der Waals surface area contributed by atoms with Gasteiger partial charge in [0.25, 0.3) is 5.91 Å².